The molecule has 0 aromatic heterocycles. The van der Waals surface area contributed by atoms with Gasteiger partial charge in [-0.3, -0.25) is 4.79 Å². The smallest absolute Gasteiger partial charge is 0.232 e. The summed E-state index contributed by atoms with van der Waals surface area (Å²) in [7, 11) is 0. The summed E-state index contributed by atoms with van der Waals surface area (Å²) >= 11 is 4.99. The third-order valence-corrected chi connectivity index (χ3v) is 3.27. The van der Waals surface area contributed by atoms with Crippen LogP contribution in [-0.2, 0) is 9.53 Å². The van der Waals surface area contributed by atoms with E-state index >= 15 is 0 Å². The van der Waals surface area contributed by atoms with E-state index in [4.69, 9.17) is 22.7 Å². The maximum Gasteiger partial charge on any atom is 0.232 e. The van der Waals surface area contributed by atoms with Gasteiger partial charge in [0.05, 0.1) is 17.0 Å². The maximum absolute atomic E-state index is 12.3. The molecule has 1 aliphatic rings. The molecule has 1 fully saturated rings. The van der Waals surface area contributed by atoms with Crippen molar-refractivity contribution < 1.29 is 9.53 Å². The lowest BCUT2D eigenvalue weighted by Gasteiger charge is -2.26. The Morgan fingerprint density at radius 2 is 2.35 bits per heavy atom. The second-order valence-corrected chi connectivity index (χ2v) is 5.03. The van der Waals surface area contributed by atoms with Crippen LogP contribution in [0.1, 0.15) is 33.1 Å². The van der Waals surface area contributed by atoms with Crippen LogP contribution in [0.5, 0.6) is 0 Å². The first-order valence-corrected chi connectivity index (χ1v) is 6.66. The summed E-state index contributed by atoms with van der Waals surface area (Å²) in [6.45, 7) is 6.12. The van der Waals surface area contributed by atoms with Crippen LogP contribution in [0, 0.1) is 5.92 Å². The van der Waals surface area contributed by atoms with Gasteiger partial charge in [-0.2, -0.15) is 0 Å². The van der Waals surface area contributed by atoms with Gasteiger partial charge in [-0.05, 0) is 19.8 Å². The molecule has 1 aliphatic heterocycles. The van der Waals surface area contributed by atoms with E-state index in [0.717, 1.165) is 32.4 Å². The first kappa shape index (κ1) is 14.4. The van der Waals surface area contributed by atoms with Gasteiger partial charge in [0.15, 0.2) is 0 Å². The molecule has 1 amide bonds. The highest BCUT2D eigenvalue weighted by molar-refractivity contribution is 7.80. The highest BCUT2D eigenvalue weighted by atomic mass is 32.1. The Morgan fingerprint density at radius 3 is 2.94 bits per heavy atom. The van der Waals surface area contributed by atoms with E-state index in [2.05, 4.69) is 0 Å². The Morgan fingerprint density at radius 1 is 1.65 bits per heavy atom. The van der Waals surface area contributed by atoms with Crippen LogP contribution < -0.4 is 5.73 Å². The fraction of sp³-hybridized carbons (Fsp3) is 0.833. The number of carbonyl (C=O) groups excluding carboxylic acids is 1. The van der Waals surface area contributed by atoms with Crippen molar-refractivity contribution in [1.82, 2.24) is 4.90 Å². The fourth-order valence-corrected chi connectivity index (χ4v) is 2.31. The van der Waals surface area contributed by atoms with E-state index in [1.807, 2.05) is 18.7 Å². The van der Waals surface area contributed by atoms with E-state index in [1.165, 1.54) is 0 Å². The minimum Gasteiger partial charge on any atom is -0.393 e. The number of hydrogen-bond acceptors (Lipinski definition) is 3. The van der Waals surface area contributed by atoms with Crippen LogP contribution in [0.15, 0.2) is 0 Å². The summed E-state index contributed by atoms with van der Waals surface area (Å²) in [6, 6.07) is 0. The number of ether oxygens (including phenoxy) is 1. The lowest BCUT2D eigenvalue weighted by molar-refractivity contribution is -0.134. The zero-order chi connectivity index (χ0) is 12.8. The lowest BCUT2D eigenvalue weighted by Crippen LogP contribution is -2.43. The van der Waals surface area contributed by atoms with Crippen LogP contribution in [0.4, 0.5) is 0 Å². The van der Waals surface area contributed by atoms with Gasteiger partial charge in [-0.15, -0.1) is 0 Å². The minimum absolute atomic E-state index is 0.0664. The molecule has 2 unspecified atom stereocenters. The quantitative estimate of drug-likeness (QED) is 0.773. The minimum atomic E-state index is -0.305. The number of hydrogen-bond donors (Lipinski definition) is 1. The Kier molecular flexibility index (Phi) is 5.85. The van der Waals surface area contributed by atoms with Crippen molar-refractivity contribution in [2.24, 2.45) is 11.7 Å². The van der Waals surface area contributed by atoms with Crippen molar-refractivity contribution in [2.75, 3.05) is 19.7 Å². The molecular formula is C12H22N2O2S. The Bertz CT molecular complexity index is 284. The third kappa shape index (κ3) is 4.24. The molecule has 98 valence electrons. The second kappa shape index (κ2) is 6.91. The largest absolute Gasteiger partial charge is 0.393 e. The maximum atomic E-state index is 12.3. The van der Waals surface area contributed by atoms with Crippen LogP contribution in [0.2, 0.25) is 0 Å². The SMILES string of the molecule is CCCC(C(=O)N1CCCOC(C)C1)C(N)=S. The van der Waals surface area contributed by atoms with E-state index < -0.39 is 0 Å². The molecule has 5 heteroatoms. The van der Waals surface area contributed by atoms with Crippen molar-refractivity contribution >= 4 is 23.1 Å². The van der Waals surface area contributed by atoms with E-state index in [0.29, 0.717) is 11.5 Å². The van der Waals surface area contributed by atoms with Gasteiger partial charge in [0.2, 0.25) is 5.91 Å². The molecule has 0 aromatic rings. The van der Waals surface area contributed by atoms with E-state index in [-0.39, 0.29) is 17.9 Å². The molecule has 0 aliphatic carbocycles. The van der Waals surface area contributed by atoms with Crippen molar-refractivity contribution in [3.63, 3.8) is 0 Å². The topological polar surface area (TPSA) is 55.6 Å². The number of nitrogens with zero attached hydrogens (tertiary/aromatic N) is 1. The Balaban J connectivity index is 2.67. The monoisotopic (exact) mass is 258 g/mol. The lowest BCUT2D eigenvalue weighted by atomic mass is 10.0. The normalized spacial score (nSPS) is 22.9. The molecule has 0 bridgehead atoms. The number of amides is 1. The molecule has 0 spiro atoms. The van der Waals surface area contributed by atoms with Crippen molar-refractivity contribution in [3.8, 4) is 0 Å². The van der Waals surface area contributed by atoms with Gasteiger partial charge in [-0.1, -0.05) is 25.6 Å². The molecule has 2 N–H and O–H groups in total. The first-order chi connectivity index (χ1) is 8.06. The Labute approximate surface area is 108 Å². The summed E-state index contributed by atoms with van der Waals surface area (Å²) in [5, 5.41) is 0. The zero-order valence-corrected chi connectivity index (χ0v) is 11.5. The van der Waals surface area contributed by atoms with E-state index in [9.17, 15) is 4.79 Å². The summed E-state index contributed by atoms with van der Waals surface area (Å²) < 4.78 is 5.53. The zero-order valence-electron chi connectivity index (χ0n) is 10.6. The van der Waals surface area contributed by atoms with Crippen LogP contribution in [0.3, 0.4) is 0 Å². The average molecular weight is 258 g/mol. The van der Waals surface area contributed by atoms with Crippen LogP contribution in [0.25, 0.3) is 0 Å². The van der Waals surface area contributed by atoms with Gasteiger partial charge < -0.3 is 15.4 Å². The van der Waals surface area contributed by atoms with Gasteiger partial charge in [0, 0.05) is 19.7 Å². The molecular weight excluding hydrogens is 236 g/mol. The molecule has 4 nitrogen and oxygen atoms in total. The van der Waals surface area contributed by atoms with Gasteiger partial charge >= 0.3 is 0 Å². The third-order valence-electron chi connectivity index (χ3n) is 2.98. The molecule has 17 heavy (non-hydrogen) atoms. The van der Waals surface area contributed by atoms with Gasteiger partial charge in [0.25, 0.3) is 0 Å². The molecule has 0 aromatic carbocycles. The predicted octanol–water partition coefficient (Wildman–Crippen LogP) is 1.33. The summed E-state index contributed by atoms with van der Waals surface area (Å²) in [5.74, 6) is -0.239. The van der Waals surface area contributed by atoms with Crippen molar-refractivity contribution in [3.05, 3.63) is 0 Å². The number of thiocarbonyl (C=S) groups is 1. The van der Waals surface area contributed by atoms with Crippen molar-refractivity contribution in [1.29, 1.82) is 0 Å². The summed E-state index contributed by atoms with van der Waals surface area (Å²) in [5.41, 5.74) is 5.66. The van der Waals surface area contributed by atoms with Crippen LogP contribution in [-0.4, -0.2) is 41.6 Å². The molecule has 0 saturated carbocycles. The number of rotatable bonds is 4. The fourth-order valence-electron chi connectivity index (χ4n) is 2.09. The van der Waals surface area contributed by atoms with Gasteiger partial charge in [-0.25, -0.2) is 0 Å². The average Bonchev–Trinajstić information content (AvgIpc) is 2.49. The number of carbonyl (C=O) groups is 1. The predicted molar refractivity (Wildman–Crippen MR) is 71.8 cm³/mol. The second-order valence-electron chi connectivity index (χ2n) is 4.56. The number of nitrogens with two attached hydrogens (primary N) is 1. The highest BCUT2D eigenvalue weighted by Gasteiger charge is 2.27. The van der Waals surface area contributed by atoms with E-state index in [1.54, 1.807) is 0 Å². The molecule has 1 rings (SSSR count). The molecule has 0 radical (unpaired) electrons. The van der Waals surface area contributed by atoms with Crippen molar-refractivity contribution in [2.45, 2.75) is 39.2 Å². The standard InChI is InChI=1S/C12H22N2O2S/c1-3-5-10(11(13)17)12(15)14-6-4-7-16-9(2)8-14/h9-10H,3-8H2,1-2H3,(H2,13,17). The van der Waals surface area contributed by atoms with Gasteiger partial charge in [0.1, 0.15) is 0 Å². The highest BCUT2D eigenvalue weighted by Crippen LogP contribution is 2.14. The molecule has 1 saturated heterocycles. The summed E-state index contributed by atoms with van der Waals surface area (Å²) in [6.07, 6.45) is 2.62. The molecule has 1 heterocycles. The molecule has 2 atom stereocenters. The van der Waals surface area contributed by atoms with Crippen LogP contribution >= 0.6 is 12.2 Å². The first-order valence-electron chi connectivity index (χ1n) is 6.26. The Hall–Kier alpha value is -0.680. The summed E-state index contributed by atoms with van der Waals surface area (Å²) in [4.78, 5) is 14.5.